The van der Waals surface area contributed by atoms with Gasteiger partial charge < -0.3 is 5.32 Å². The summed E-state index contributed by atoms with van der Waals surface area (Å²) in [5.41, 5.74) is 0.727. The van der Waals surface area contributed by atoms with Crippen LogP contribution in [0, 0.1) is 17.3 Å². The number of nitrogens with zero attached hydrogens (tertiary/aromatic N) is 2. The third-order valence-corrected chi connectivity index (χ3v) is 5.49. The van der Waals surface area contributed by atoms with Crippen molar-refractivity contribution in [1.29, 1.82) is 0 Å². The molecule has 1 aliphatic heterocycles. The Balaban J connectivity index is 1.76. The molecule has 2 amide bonds. The van der Waals surface area contributed by atoms with Crippen LogP contribution >= 0.6 is 11.3 Å². The van der Waals surface area contributed by atoms with Gasteiger partial charge >= 0.3 is 0 Å². The standard InChI is InChI=1S/C15H21N3O2S/c1-5-6-16-8(2)9-7-21-14(17-9)18-12(19)10-11(13(18)20)15(10,3)4/h7-8,10-11,16H,5-6H2,1-4H3. The summed E-state index contributed by atoms with van der Waals surface area (Å²) in [6.07, 6.45) is 1.06. The summed E-state index contributed by atoms with van der Waals surface area (Å²) in [4.78, 5) is 30.5. The van der Waals surface area contributed by atoms with Crippen molar-refractivity contribution < 1.29 is 9.59 Å². The van der Waals surface area contributed by atoms with Gasteiger partial charge in [0.1, 0.15) is 0 Å². The number of hydrogen-bond acceptors (Lipinski definition) is 5. The minimum absolute atomic E-state index is 0.0786. The number of anilines is 1. The molecule has 2 aliphatic rings. The third-order valence-electron chi connectivity index (χ3n) is 4.65. The quantitative estimate of drug-likeness (QED) is 0.848. The fourth-order valence-corrected chi connectivity index (χ4v) is 4.10. The first-order valence-electron chi connectivity index (χ1n) is 7.46. The van der Waals surface area contributed by atoms with Crippen LogP contribution in [0.3, 0.4) is 0 Å². The molecule has 1 aromatic rings. The molecule has 0 aromatic carbocycles. The largest absolute Gasteiger partial charge is 0.309 e. The summed E-state index contributed by atoms with van der Waals surface area (Å²) in [6.45, 7) is 9.05. The van der Waals surface area contributed by atoms with Crippen LogP contribution in [-0.2, 0) is 9.59 Å². The van der Waals surface area contributed by atoms with Crippen LogP contribution in [0.1, 0.15) is 45.9 Å². The monoisotopic (exact) mass is 307 g/mol. The fraction of sp³-hybridized carbons (Fsp3) is 0.667. The number of carbonyl (C=O) groups is 2. The zero-order chi connectivity index (χ0) is 15.4. The molecule has 1 aliphatic carbocycles. The van der Waals surface area contributed by atoms with Crippen molar-refractivity contribution in [3.05, 3.63) is 11.1 Å². The van der Waals surface area contributed by atoms with Crippen LogP contribution in [0.5, 0.6) is 0 Å². The van der Waals surface area contributed by atoms with E-state index < -0.39 is 0 Å². The lowest BCUT2D eigenvalue weighted by molar-refractivity contribution is -0.125. The molecule has 114 valence electrons. The highest BCUT2D eigenvalue weighted by molar-refractivity contribution is 7.14. The van der Waals surface area contributed by atoms with Crippen molar-refractivity contribution in [2.45, 2.75) is 40.2 Å². The molecule has 0 spiro atoms. The highest BCUT2D eigenvalue weighted by Crippen LogP contribution is 2.63. The first-order valence-corrected chi connectivity index (χ1v) is 8.34. The molecular formula is C15H21N3O2S. The molecule has 3 atom stereocenters. The van der Waals surface area contributed by atoms with E-state index in [4.69, 9.17) is 0 Å². The number of nitrogens with one attached hydrogen (secondary N) is 1. The number of hydrogen-bond donors (Lipinski definition) is 1. The molecule has 0 radical (unpaired) electrons. The van der Waals surface area contributed by atoms with Crippen LogP contribution in [0.2, 0.25) is 0 Å². The molecular weight excluding hydrogens is 286 g/mol. The Bertz CT molecular complexity index is 571. The van der Waals surface area contributed by atoms with Crippen LogP contribution < -0.4 is 10.2 Å². The van der Waals surface area contributed by atoms with Crippen LogP contribution in [0.15, 0.2) is 5.38 Å². The predicted molar refractivity (Wildman–Crippen MR) is 82.1 cm³/mol. The summed E-state index contributed by atoms with van der Waals surface area (Å²) in [6, 6.07) is 0.133. The molecule has 21 heavy (non-hydrogen) atoms. The van der Waals surface area contributed by atoms with Crippen LogP contribution in [0.4, 0.5) is 5.13 Å². The van der Waals surface area contributed by atoms with Gasteiger partial charge in [0.05, 0.1) is 17.5 Å². The van der Waals surface area contributed by atoms with Gasteiger partial charge in [-0.15, -0.1) is 11.3 Å². The van der Waals surface area contributed by atoms with Gasteiger partial charge in [-0.05, 0) is 25.3 Å². The minimum atomic E-state index is -0.166. The number of aromatic nitrogens is 1. The van der Waals surface area contributed by atoms with Crippen molar-refractivity contribution in [2.75, 3.05) is 11.4 Å². The number of rotatable bonds is 5. The molecule has 3 unspecified atom stereocenters. The van der Waals surface area contributed by atoms with Crippen molar-refractivity contribution in [3.8, 4) is 0 Å². The Morgan fingerprint density at radius 3 is 2.57 bits per heavy atom. The van der Waals surface area contributed by atoms with Crippen molar-refractivity contribution in [1.82, 2.24) is 10.3 Å². The Labute approximate surface area is 128 Å². The van der Waals surface area contributed by atoms with Gasteiger partial charge in [-0.25, -0.2) is 9.88 Å². The molecule has 2 heterocycles. The molecule has 1 N–H and O–H groups in total. The molecule has 6 heteroatoms. The lowest BCUT2D eigenvalue weighted by Crippen LogP contribution is -2.36. The normalized spacial score (nSPS) is 27.9. The molecule has 1 saturated carbocycles. The second-order valence-corrected chi connectivity index (χ2v) is 7.36. The maximum atomic E-state index is 12.4. The molecule has 1 aromatic heterocycles. The lowest BCUT2D eigenvalue weighted by Gasteiger charge is -2.17. The zero-order valence-electron chi connectivity index (χ0n) is 12.8. The van der Waals surface area contributed by atoms with Gasteiger partial charge in [0.15, 0.2) is 5.13 Å². The Morgan fingerprint density at radius 2 is 2.00 bits per heavy atom. The van der Waals surface area contributed by atoms with E-state index in [1.807, 2.05) is 26.2 Å². The van der Waals surface area contributed by atoms with Gasteiger partial charge in [0.2, 0.25) is 11.8 Å². The van der Waals surface area contributed by atoms with E-state index in [1.165, 1.54) is 16.2 Å². The Morgan fingerprint density at radius 1 is 1.38 bits per heavy atom. The van der Waals surface area contributed by atoms with Crippen molar-refractivity contribution in [3.63, 3.8) is 0 Å². The average molecular weight is 307 g/mol. The SMILES string of the molecule is CCCNC(C)c1csc(N2C(=O)C3C(C2=O)C3(C)C)n1. The van der Waals surface area contributed by atoms with Gasteiger partial charge in [0.25, 0.3) is 0 Å². The number of imide groups is 1. The second-order valence-electron chi connectivity index (χ2n) is 6.52. The maximum absolute atomic E-state index is 12.4. The van der Waals surface area contributed by atoms with E-state index in [2.05, 4.69) is 17.2 Å². The van der Waals surface area contributed by atoms with Gasteiger partial charge in [-0.3, -0.25) is 9.59 Å². The van der Waals surface area contributed by atoms with Crippen molar-refractivity contribution >= 4 is 28.3 Å². The number of carbonyl (C=O) groups excluding carboxylic acids is 2. The molecule has 5 nitrogen and oxygen atoms in total. The first kappa shape index (κ1) is 14.7. The molecule has 0 bridgehead atoms. The van der Waals surface area contributed by atoms with Gasteiger partial charge in [0, 0.05) is 11.4 Å². The Kier molecular flexibility index (Phi) is 3.41. The number of fused-ring (bicyclic) bond motifs is 1. The van der Waals surface area contributed by atoms with Crippen LogP contribution in [0.25, 0.3) is 0 Å². The number of amides is 2. The van der Waals surface area contributed by atoms with Gasteiger partial charge in [-0.1, -0.05) is 20.8 Å². The third kappa shape index (κ3) is 2.12. The second kappa shape index (κ2) is 4.88. The smallest absolute Gasteiger partial charge is 0.240 e. The lowest BCUT2D eigenvalue weighted by atomic mass is 10.1. The highest BCUT2D eigenvalue weighted by atomic mass is 32.1. The minimum Gasteiger partial charge on any atom is -0.309 e. The summed E-state index contributed by atoms with van der Waals surface area (Å²) in [7, 11) is 0. The summed E-state index contributed by atoms with van der Waals surface area (Å²) in [5.74, 6) is -0.448. The summed E-state index contributed by atoms with van der Waals surface area (Å²) in [5, 5.41) is 5.81. The first-order chi connectivity index (χ1) is 9.89. The number of thiazole rings is 1. The maximum Gasteiger partial charge on any atom is 0.240 e. The van der Waals surface area contributed by atoms with Gasteiger partial charge in [-0.2, -0.15) is 0 Å². The van der Waals surface area contributed by atoms with E-state index in [1.54, 1.807) is 0 Å². The zero-order valence-corrected chi connectivity index (χ0v) is 13.7. The molecule has 1 saturated heterocycles. The number of piperidine rings is 1. The van der Waals surface area contributed by atoms with E-state index in [-0.39, 0.29) is 35.1 Å². The topological polar surface area (TPSA) is 62.3 Å². The Hall–Kier alpha value is -1.27. The average Bonchev–Trinajstić information content (AvgIpc) is 2.78. The van der Waals surface area contributed by atoms with Crippen molar-refractivity contribution in [2.24, 2.45) is 17.3 Å². The van der Waals surface area contributed by atoms with Crippen LogP contribution in [-0.4, -0.2) is 23.3 Å². The predicted octanol–water partition coefficient (Wildman–Crippen LogP) is 2.35. The summed E-state index contributed by atoms with van der Waals surface area (Å²) >= 11 is 1.37. The fourth-order valence-electron chi connectivity index (χ4n) is 3.18. The van der Waals surface area contributed by atoms with E-state index in [0.717, 1.165) is 18.7 Å². The summed E-state index contributed by atoms with van der Waals surface area (Å²) < 4.78 is 0. The van der Waals surface area contributed by atoms with E-state index in [0.29, 0.717) is 5.13 Å². The van der Waals surface area contributed by atoms with E-state index in [9.17, 15) is 9.59 Å². The van der Waals surface area contributed by atoms with E-state index >= 15 is 0 Å². The highest BCUT2D eigenvalue weighted by Gasteiger charge is 2.73. The molecule has 3 rings (SSSR count). The molecule has 2 fully saturated rings.